The molecule has 118 valence electrons. The maximum absolute atomic E-state index is 6.50. The van der Waals surface area contributed by atoms with Crippen LogP contribution in [0.4, 0.5) is 0 Å². The number of thiophene rings is 1. The molecule has 1 aliphatic rings. The Bertz CT molecular complexity index is 845. The van der Waals surface area contributed by atoms with Gasteiger partial charge in [0.15, 0.2) is 0 Å². The highest BCUT2D eigenvalue weighted by Crippen LogP contribution is 2.40. The number of aryl methyl sites for hydroxylation is 1. The van der Waals surface area contributed by atoms with Crippen molar-refractivity contribution in [2.75, 3.05) is 0 Å². The summed E-state index contributed by atoms with van der Waals surface area (Å²) in [6, 6.07) is 10.3. The number of rotatable bonds is 3. The minimum Gasteiger partial charge on any atom is -0.221 e. The first-order valence-corrected chi connectivity index (χ1v) is 10.0. The molecular formula is C18H17ClN2S2. The number of halogens is 1. The average Bonchev–Trinajstić information content (AvgIpc) is 2.91. The standard InChI is InChI=1S/C18H17ClN2S2/c1-11-7-8-13-14(9-11)23-18-16(13)17(19)20-15(21-18)10-22-12-5-3-2-4-6-12/h2-6,11H,7-10H2,1H3/t11-/m0/s1. The molecule has 3 aromatic rings. The summed E-state index contributed by atoms with van der Waals surface area (Å²) in [6.07, 6.45) is 3.50. The highest BCUT2D eigenvalue weighted by atomic mass is 35.5. The van der Waals surface area contributed by atoms with Gasteiger partial charge in [0.2, 0.25) is 0 Å². The topological polar surface area (TPSA) is 25.8 Å². The van der Waals surface area contributed by atoms with E-state index < -0.39 is 0 Å². The Morgan fingerprint density at radius 1 is 1.26 bits per heavy atom. The molecule has 2 nitrogen and oxygen atoms in total. The minimum absolute atomic E-state index is 0.630. The predicted octanol–water partition coefficient (Wildman–Crippen LogP) is 5.76. The van der Waals surface area contributed by atoms with E-state index >= 15 is 0 Å². The van der Waals surface area contributed by atoms with Gasteiger partial charge in [0.05, 0.1) is 11.1 Å². The molecule has 0 aliphatic heterocycles. The van der Waals surface area contributed by atoms with E-state index in [1.807, 2.05) is 29.5 Å². The van der Waals surface area contributed by atoms with Crippen molar-refractivity contribution in [3.63, 3.8) is 0 Å². The van der Waals surface area contributed by atoms with Gasteiger partial charge in [0.25, 0.3) is 0 Å². The van der Waals surface area contributed by atoms with Crippen molar-refractivity contribution >= 4 is 44.9 Å². The van der Waals surface area contributed by atoms with Crippen LogP contribution in [0, 0.1) is 5.92 Å². The zero-order valence-electron chi connectivity index (χ0n) is 12.9. The maximum Gasteiger partial charge on any atom is 0.142 e. The Balaban J connectivity index is 1.65. The second-order valence-electron chi connectivity index (χ2n) is 6.06. The number of nitrogens with zero attached hydrogens (tertiary/aromatic N) is 2. The largest absolute Gasteiger partial charge is 0.221 e. The molecule has 0 radical (unpaired) electrons. The Morgan fingerprint density at radius 3 is 2.91 bits per heavy atom. The van der Waals surface area contributed by atoms with Gasteiger partial charge in [-0.1, -0.05) is 36.7 Å². The number of thioether (sulfide) groups is 1. The summed E-state index contributed by atoms with van der Waals surface area (Å²) in [5, 5.41) is 1.73. The van der Waals surface area contributed by atoms with Crippen LogP contribution in [0.15, 0.2) is 35.2 Å². The van der Waals surface area contributed by atoms with Crippen LogP contribution in [-0.4, -0.2) is 9.97 Å². The first-order chi connectivity index (χ1) is 11.2. The van der Waals surface area contributed by atoms with Crippen LogP contribution < -0.4 is 0 Å². The minimum atomic E-state index is 0.630. The normalized spacial score (nSPS) is 17.4. The lowest BCUT2D eigenvalue weighted by Crippen LogP contribution is -2.08. The second-order valence-corrected chi connectivity index (χ2v) is 8.55. The van der Waals surface area contributed by atoms with Crippen LogP contribution in [0.5, 0.6) is 0 Å². The van der Waals surface area contributed by atoms with Crippen molar-refractivity contribution in [2.24, 2.45) is 5.92 Å². The van der Waals surface area contributed by atoms with E-state index in [4.69, 9.17) is 16.6 Å². The van der Waals surface area contributed by atoms with Crippen LogP contribution in [0.3, 0.4) is 0 Å². The van der Waals surface area contributed by atoms with Crippen molar-refractivity contribution in [1.29, 1.82) is 0 Å². The van der Waals surface area contributed by atoms with E-state index in [0.29, 0.717) is 5.15 Å². The van der Waals surface area contributed by atoms with Gasteiger partial charge in [-0.3, -0.25) is 0 Å². The van der Waals surface area contributed by atoms with Gasteiger partial charge in [-0.15, -0.1) is 23.1 Å². The average molecular weight is 361 g/mol. The number of hydrogen-bond donors (Lipinski definition) is 0. The summed E-state index contributed by atoms with van der Waals surface area (Å²) in [7, 11) is 0. The molecule has 2 heterocycles. The molecule has 1 aromatic carbocycles. The zero-order chi connectivity index (χ0) is 15.8. The molecule has 0 unspecified atom stereocenters. The second kappa shape index (κ2) is 6.42. The number of benzene rings is 1. The van der Waals surface area contributed by atoms with Crippen molar-refractivity contribution < 1.29 is 0 Å². The number of hydrogen-bond acceptors (Lipinski definition) is 4. The fraction of sp³-hybridized carbons (Fsp3) is 0.333. The van der Waals surface area contributed by atoms with Crippen molar-refractivity contribution in [1.82, 2.24) is 9.97 Å². The third-order valence-electron chi connectivity index (χ3n) is 4.27. The first kappa shape index (κ1) is 15.4. The summed E-state index contributed by atoms with van der Waals surface area (Å²) in [4.78, 5) is 13.1. The van der Waals surface area contributed by atoms with Crippen molar-refractivity contribution in [2.45, 2.75) is 36.8 Å². The van der Waals surface area contributed by atoms with Gasteiger partial charge >= 0.3 is 0 Å². The molecule has 1 aliphatic carbocycles. The Labute approximate surface area is 149 Å². The molecule has 0 fully saturated rings. The molecule has 0 spiro atoms. The summed E-state index contributed by atoms with van der Waals surface area (Å²) in [5.41, 5.74) is 1.40. The Hall–Kier alpha value is -1.10. The summed E-state index contributed by atoms with van der Waals surface area (Å²) < 4.78 is 0. The van der Waals surface area contributed by atoms with E-state index in [1.54, 1.807) is 11.8 Å². The Morgan fingerprint density at radius 2 is 2.09 bits per heavy atom. The number of fused-ring (bicyclic) bond motifs is 3. The lowest BCUT2D eigenvalue weighted by atomic mass is 9.89. The molecule has 2 aromatic heterocycles. The first-order valence-electron chi connectivity index (χ1n) is 7.85. The molecule has 0 saturated heterocycles. The summed E-state index contributed by atoms with van der Waals surface area (Å²) >= 11 is 10.1. The van der Waals surface area contributed by atoms with Crippen molar-refractivity contribution in [3.05, 3.63) is 51.7 Å². The van der Waals surface area contributed by atoms with E-state index in [-0.39, 0.29) is 0 Å². The van der Waals surface area contributed by atoms with Crippen LogP contribution in [0.25, 0.3) is 10.2 Å². The molecular weight excluding hydrogens is 344 g/mol. The molecule has 1 atom stereocenters. The van der Waals surface area contributed by atoms with Crippen LogP contribution in [0.1, 0.15) is 29.6 Å². The molecule has 0 N–H and O–H groups in total. The van der Waals surface area contributed by atoms with Gasteiger partial charge in [-0.05, 0) is 42.9 Å². The number of aromatic nitrogens is 2. The molecule has 0 saturated carbocycles. The SMILES string of the molecule is C[C@H]1CCc2c(sc3nc(CSc4ccccc4)nc(Cl)c23)C1. The lowest BCUT2D eigenvalue weighted by molar-refractivity contribution is 0.509. The molecule has 0 bridgehead atoms. The zero-order valence-corrected chi connectivity index (χ0v) is 15.3. The predicted molar refractivity (Wildman–Crippen MR) is 99.6 cm³/mol. The molecule has 5 heteroatoms. The van der Waals surface area contributed by atoms with Crippen LogP contribution in [0.2, 0.25) is 5.15 Å². The summed E-state index contributed by atoms with van der Waals surface area (Å²) in [5.74, 6) is 2.33. The molecule has 4 rings (SSSR count). The van der Waals surface area contributed by atoms with Gasteiger partial charge in [-0.25, -0.2) is 9.97 Å². The summed E-state index contributed by atoms with van der Waals surface area (Å²) in [6.45, 7) is 2.32. The van der Waals surface area contributed by atoms with E-state index in [0.717, 1.165) is 40.6 Å². The lowest BCUT2D eigenvalue weighted by Gasteiger charge is -2.17. The van der Waals surface area contributed by atoms with E-state index in [9.17, 15) is 0 Å². The fourth-order valence-electron chi connectivity index (χ4n) is 3.07. The van der Waals surface area contributed by atoms with Crippen molar-refractivity contribution in [3.8, 4) is 0 Å². The quantitative estimate of drug-likeness (QED) is 0.438. The van der Waals surface area contributed by atoms with Crippen LogP contribution >= 0.6 is 34.7 Å². The van der Waals surface area contributed by atoms with Gasteiger partial charge < -0.3 is 0 Å². The highest BCUT2D eigenvalue weighted by molar-refractivity contribution is 7.98. The van der Waals surface area contributed by atoms with E-state index in [2.05, 4.69) is 24.0 Å². The van der Waals surface area contributed by atoms with Gasteiger partial charge in [0, 0.05) is 9.77 Å². The maximum atomic E-state index is 6.50. The fourth-order valence-corrected chi connectivity index (χ4v) is 5.60. The van der Waals surface area contributed by atoms with Gasteiger partial charge in [0.1, 0.15) is 15.8 Å². The third kappa shape index (κ3) is 3.12. The highest BCUT2D eigenvalue weighted by Gasteiger charge is 2.23. The van der Waals surface area contributed by atoms with Crippen LogP contribution in [-0.2, 0) is 18.6 Å². The third-order valence-corrected chi connectivity index (χ3v) is 6.70. The molecule has 0 amide bonds. The smallest absolute Gasteiger partial charge is 0.142 e. The van der Waals surface area contributed by atoms with Gasteiger partial charge in [-0.2, -0.15) is 0 Å². The monoisotopic (exact) mass is 360 g/mol. The Kier molecular flexibility index (Phi) is 4.31. The molecule has 23 heavy (non-hydrogen) atoms. The van der Waals surface area contributed by atoms with E-state index in [1.165, 1.54) is 21.8 Å².